The number of anilines is 1. The van der Waals surface area contributed by atoms with E-state index < -0.39 is 6.10 Å². The highest BCUT2D eigenvalue weighted by molar-refractivity contribution is 5.54. The van der Waals surface area contributed by atoms with Crippen molar-refractivity contribution in [2.24, 2.45) is 0 Å². The largest absolute Gasteiger partial charge is 0.387 e. The van der Waals surface area contributed by atoms with Crippen LogP contribution in [-0.2, 0) is 6.54 Å². The maximum Gasteiger partial charge on any atom is 0.0991 e. The number of likely N-dealkylation sites (N-methyl/N-ethyl adjacent to an activating group) is 1. The zero-order valence-corrected chi connectivity index (χ0v) is 14.2. The van der Waals surface area contributed by atoms with E-state index in [1.807, 2.05) is 12.1 Å². The summed E-state index contributed by atoms with van der Waals surface area (Å²) in [6.07, 6.45) is -0.559. The van der Waals surface area contributed by atoms with Gasteiger partial charge in [0.05, 0.1) is 17.7 Å². The van der Waals surface area contributed by atoms with E-state index >= 15 is 0 Å². The molecule has 0 amide bonds. The number of rotatable bonds is 3. The number of β-amino-alcohol motifs (C(OH)–C–C–N with tert-alkyl or cyclic N) is 1. The molecule has 2 aromatic rings. The molecule has 3 rings (SSSR count). The third-order valence-electron chi connectivity index (χ3n) is 4.77. The van der Waals surface area contributed by atoms with Gasteiger partial charge in [0.1, 0.15) is 0 Å². The maximum absolute atomic E-state index is 10.6. The van der Waals surface area contributed by atoms with Crippen molar-refractivity contribution in [3.05, 3.63) is 65.2 Å². The van der Waals surface area contributed by atoms with Crippen molar-refractivity contribution < 1.29 is 5.11 Å². The predicted molar refractivity (Wildman–Crippen MR) is 95.7 cm³/mol. The van der Waals surface area contributed by atoms with E-state index in [9.17, 15) is 5.11 Å². The Labute approximate surface area is 143 Å². The maximum atomic E-state index is 10.6. The van der Waals surface area contributed by atoms with Crippen molar-refractivity contribution in [2.45, 2.75) is 25.6 Å². The molecule has 24 heavy (non-hydrogen) atoms. The third kappa shape index (κ3) is 3.43. The number of aliphatic hydroxyl groups is 1. The van der Waals surface area contributed by atoms with Crippen LogP contribution in [-0.4, -0.2) is 36.2 Å². The molecule has 4 nitrogen and oxygen atoms in total. The highest BCUT2D eigenvalue weighted by Gasteiger charge is 2.25. The van der Waals surface area contributed by atoms with E-state index in [1.54, 1.807) is 12.1 Å². The molecule has 1 aliphatic rings. The Hall–Kier alpha value is -2.35. The van der Waals surface area contributed by atoms with Crippen LogP contribution in [0.1, 0.15) is 29.7 Å². The van der Waals surface area contributed by atoms with Crippen LogP contribution in [0.3, 0.4) is 0 Å². The standard InChI is InChI=1S/C20H23N3O/c1-15-12-22(2)19-6-4-3-5-18(19)13-23(15)14-20(24)17-9-7-16(11-21)8-10-17/h3-10,15,20,24H,12-14H2,1-2H3. The molecule has 1 aliphatic heterocycles. The van der Waals surface area contributed by atoms with Gasteiger partial charge in [-0.25, -0.2) is 0 Å². The van der Waals surface area contributed by atoms with Crippen LogP contribution in [0.2, 0.25) is 0 Å². The van der Waals surface area contributed by atoms with Crippen LogP contribution < -0.4 is 4.90 Å². The Morgan fingerprint density at radius 1 is 1.21 bits per heavy atom. The fraction of sp³-hybridized carbons (Fsp3) is 0.350. The summed E-state index contributed by atoms with van der Waals surface area (Å²) in [5, 5.41) is 19.5. The Morgan fingerprint density at radius 2 is 1.92 bits per heavy atom. The predicted octanol–water partition coefficient (Wildman–Crippen LogP) is 2.93. The van der Waals surface area contributed by atoms with Crippen molar-refractivity contribution in [3.63, 3.8) is 0 Å². The van der Waals surface area contributed by atoms with Gasteiger partial charge in [-0.1, -0.05) is 30.3 Å². The number of hydrogen-bond acceptors (Lipinski definition) is 4. The summed E-state index contributed by atoms with van der Waals surface area (Å²) in [7, 11) is 2.12. The molecular formula is C20H23N3O. The molecular weight excluding hydrogens is 298 g/mol. The van der Waals surface area contributed by atoms with E-state index in [0.717, 1.165) is 18.7 Å². The van der Waals surface area contributed by atoms with Gasteiger partial charge in [0.2, 0.25) is 0 Å². The van der Waals surface area contributed by atoms with Crippen molar-refractivity contribution in [1.82, 2.24) is 4.90 Å². The van der Waals surface area contributed by atoms with Gasteiger partial charge in [-0.15, -0.1) is 0 Å². The van der Waals surface area contributed by atoms with Gasteiger partial charge in [0.15, 0.2) is 0 Å². The Morgan fingerprint density at radius 3 is 2.62 bits per heavy atom. The highest BCUT2D eigenvalue weighted by atomic mass is 16.3. The lowest BCUT2D eigenvalue weighted by Gasteiger charge is -2.30. The van der Waals surface area contributed by atoms with Gasteiger partial charge in [0, 0.05) is 38.4 Å². The first-order valence-electron chi connectivity index (χ1n) is 8.29. The van der Waals surface area contributed by atoms with Gasteiger partial charge < -0.3 is 10.0 Å². The molecule has 0 aromatic heterocycles. The molecule has 1 heterocycles. The summed E-state index contributed by atoms with van der Waals surface area (Å²) in [6.45, 7) is 4.54. The Balaban J connectivity index is 1.77. The topological polar surface area (TPSA) is 50.5 Å². The number of fused-ring (bicyclic) bond motifs is 1. The summed E-state index contributed by atoms with van der Waals surface area (Å²) in [5.74, 6) is 0. The van der Waals surface area contributed by atoms with Crippen LogP contribution in [0.4, 0.5) is 5.69 Å². The molecule has 2 unspecified atom stereocenters. The summed E-state index contributed by atoms with van der Waals surface area (Å²) in [5.41, 5.74) is 4.02. The summed E-state index contributed by atoms with van der Waals surface area (Å²) in [4.78, 5) is 4.61. The first-order valence-corrected chi connectivity index (χ1v) is 8.29. The Bertz CT molecular complexity index is 735. The van der Waals surface area contributed by atoms with Gasteiger partial charge in [0.25, 0.3) is 0 Å². The van der Waals surface area contributed by atoms with Crippen molar-refractivity contribution in [3.8, 4) is 6.07 Å². The van der Waals surface area contributed by atoms with Crippen LogP contribution >= 0.6 is 0 Å². The van der Waals surface area contributed by atoms with E-state index in [2.05, 4.69) is 54.1 Å². The van der Waals surface area contributed by atoms with E-state index in [1.165, 1.54) is 11.3 Å². The SMILES string of the molecule is CC1CN(C)c2ccccc2CN1CC(O)c1ccc(C#N)cc1. The molecule has 1 N–H and O–H groups in total. The van der Waals surface area contributed by atoms with E-state index in [0.29, 0.717) is 18.2 Å². The molecule has 2 aromatic carbocycles. The fourth-order valence-corrected chi connectivity index (χ4v) is 3.35. The molecule has 0 aliphatic carbocycles. The van der Waals surface area contributed by atoms with E-state index in [-0.39, 0.29) is 0 Å². The number of nitrogens with zero attached hydrogens (tertiary/aromatic N) is 3. The second-order valence-corrected chi connectivity index (χ2v) is 6.54. The molecule has 4 heteroatoms. The van der Waals surface area contributed by atoms with Crippen molar-refractivity contribution in [2.75, 3.05) is 25.0 Å². The minimum atomic E-state index is -0.559. The van der Waals surface area contributed by atoms with Crippen molar-refractivity contribution >= 4 is 5.69 Å². The van der Waals surface area contributed by atoms with Gasteiger partial charge >= 0.3 is 0 Å². The second-order valence-electron chi connectivity index (χ2n) is 6.54. The summed E-state index contributed by atoms with van der Waals surface area (Å²) >= 11 is 0. The summed E-state index contributed by atoms with van der Waals surface area (Å²) < 4.78 is 0. The molecule has 124 valence electrons. The molecule has 0 saturated carbocycles. The number of aliphatic hydroxyl groups excluding tert-OH is 1. The van der Waals surface area contributed by atoms with Crippen LogP contribution in [0.5, 0.6) is 0 Å². The molecule has 2 atom stereocenters. The lowest BCUT2D eigenvalue weighted by Crippen LogP contribution is -2.40. The normalized spacial score (nSPS) is 19.2. The monoisotopic (exact) mass is 321 g/mol. The number of nitriles is 1. The lowest BCUT2D eigenvalue weighted by molar-refractivity contribution is 0.0898. The second kappa shape index (κ2) is 7.04. The number of hydrogen-bond donors (Lipinski definition) is 1. The van der Waals surface area contributed by atoms with Gasteiger partial charge in [-0.3, -0.25) is 4.90 Å². The zero-order chi connectivity index (χ0) is 17.1. The zero-order valence-electron chi connectivity index (χ0n) is 14.2. The third-order valence-corrected chi connectivity index (χ3v) is 4.77. The van der Waals surface area contributed by atoms with E-state index in [4.69, 9.17) is 5.26 Å². The quantitative estimate of drug-likeness (QED) is 0.944. The average Bonchev–Trinajstić information content (AvgIpc) is 2.72. The number of para-hydroxylation sites is 1. The van der Waals surface area contributed by atoms with Gasteiger partial charge in [-0.2, -0.15) is 5.26 Å². The smallest absolute Gasteiger partial charge is 0.0991 e. The lowest BCUT2D eigenvalue weighted by atomic mass is 10.1. The van der Waals surface area contributed by atoms with Gasteiger partial charge in [-0.05, 0) is 36.2 Å². The minimum Gasteiger partial charge on any atom is -0.387 e. The first-order chi connectivity index (χ1) is 11.6. The molecule has 0 radical (unpaired) electrons. The Kier molecular flexibility index (Phi) is 4.84. The first kappa shape index (κ1) is 16.5. The van der Waals surface area contributed by atoms with Crippen LogP contribution in [0, 0.1) is 11.3 Å². The highest BCUT2D eigenvalue weighted by Crippen LogP contribution is 2.27. The molecule has 0 bridgehead atoms. The number of benzene rings is 2. The minimum absolute atomic E-state index is 0.343. The average molecular weight is 321 g/mol. The van der Waals surface area contributed by atoms with Crippen LogP contribution in [0.15, 0.2) is 48.5 Å². The molecule has 0 fully saturated rings. The molecule has 0 spiro atoms. The van der Waals surface area contributed by atoms with Crippen LogP contribution in [0.25, 0.3) is 0 Å². The van der Waals surface area contributed by atoms with Crippen molar-refractivity contribution in [1.29, 1.82) is 5.26 Å². The molecule has 0 saturated heterocycles. The summed E-state index contributed by atoms with van der Waals surface area (Å²) in [6, 6.07) is 18.1. The fourth-order valence-electron chi connectivity index (χ4n) is 3.35.